The zero-order chi connectivity index (χ0) is 21.4. The molecule has 0 aliphatic heterocycles. The van der Waals surface area contributed by atoms with Gasteiger partial charge in [-0.2, -0.15) is 5.10 Å². The van der Waals surface area contributed by atoms with Crippen LogP contribution < -0.4 is 16.4 Å². The maximum Gasteiger partial charge on any atom is 0.411 e. The first-order valence-corrected chi connectivity index (χ1v) is 8.82. The number of amides is 1. The van der Waals surface area contributed by atoms with Gasteiger partial charge in [0.2, 0.25) is 0 Å². The molecule has 0 aliphatic rings. The van der Waals surface area contributed by atoms with Gasteiger partial charge in [0.05, 0.1) is 5.39 Å². The lowest BCUT2D eigenvalue weighted by Gasteiger charge is -2.17. The highest BCUT2D eigenvalue weighted by atomic mass is 19.1. The highest BCUT2D eigenvalue weighted by molar-refractivity contribution is 5.96. The molecule has 0 atom stereocenters. The first kappa shape index (κ1) is 19.1. The second-order valence-electron chi connectivity index (χ2n) is 6.54. The number of pyridine rings is 1. The third kappa shape index (κ3) is 3.21. The normalized spacial score (nSPS) is 11.0. The second-order valence-corrected chi connectivity index (χ2v) is 6.54. The standard InChI is InChI=1S/C19H17FN8O2/c1-28(19(29)30)14-15(21)24-18(25-16(14)22)13-12-10(6-7-23-17(12)27-26-13)8-9-4-2-3-5-11(9)20/h2-7H,8H2,1H3,(H,29,30)(H,23,26,27)(H4,21,22,24,25). The molecule has 11 heteroatoms. The number of anilines is 3. The lowest BCUT2D eigenvalue weighted by atomic mass is 10.0. The summed E-state index contributed by atoms with van der Waals surface area (Å²) in [6, 6.07) is 8.23. The van der Waals surface area contributed by atoms with Crippen molar-refractivity contribution in [2.24, 2.45) is 0 Å². The van der Waals surface area contributed by atoms with Gasteiger partial charge in [0.1, 0.15) is 17.2 Å². The lowest BCUT2D eigenvalue weighted by Crippen LogP contribution is -2.26. The molecule has 0 radical (unpaired) electrons. The SMILES string of the molecule is CN(C(=O)O)c1c(N)nc(-c2[nH]nc3nccc(Cc4ccccc4F)c23)nc1N. The molecule has 152 valence electrons. The number of halogens is 1. The fourth-order valence-electron chi connectivity index (χ4n) is 3.21. The van der Waals surface area contributed by atoms with Crippen molar-refractivity contribution in [3.8, 4) is 11.5 Å². The maximum absolute atomic E-state index is 14.2. The minimum atomic E-state index is -1.26. The van der Waals surface area contributed by atoms with E-state index in [1.54, 1.807) is 30.5 Å². The van der Waals surface area contributed by atoms with Gasteiger partial charge in [-0.1, -0.05) is 18.2 Å². The van der Waals surface area contributed by atoms with Crippen molar-refractivity contribution in [2.75, 3.05) is 23.4 Å². The molecule has 3 heterocycles. The van der Waals surface area contributed by atoms with E-state index < -0.39 is 6.09 Å². The number of H-pyrrole nitrogens is 1. The van der Waals surface area contributed by atoms with Crippen LogP contribution in [-0.4, -0.2) is 43.4 Å². The van der Waals surface area contributed by atoms with Gasteiger partial charge in [-0.15, -0.1) is 0 Å². The summed E-state index contributed by atoms with van der Waals surface area (Å²) >= 11 is 0. The van der Waals surface area contributed by atoms with Gasteiger partial charge in [0, 0.05) is 19.7 Å². The molecule has 0 spiro atoms. The minimum absolute atomic E-state index is 0.0141. The van der Waals surface area contributed by atoms with Crippen molar-refractivity contribution < 1.29 is 14.3 Å². The third-order valence-electron chi connectivity index (χ3n) is 4.66. The van der Waals surface area contributed by atoms with Crippen molar-refractivity contribution in [3.63, 3.8) is 0 Å². The zero-order valence-electron chi connectivity index (χ0n) is 15.8. The van der Waals surface area contributed by atoms with E-state index in [-0.39, 0.29) is 29.0 Å². The molecule has 0 saturated heterocycles. The van der Waals surface area contributed by atoms with Gasteiger partial charge in [-0.05, 0) is 23.3 Å². The molecule has 0 unspecified atom stereocenters. The molecule has 3 aromatic heterocycles. The summed E-state index contributed by atoms with van der Waals surface area (Å²) in [5.74, 6) is -0.412. The first-order valence-electron chi connectivity index (χ1n) is 8.82. The molecule has 4 rings (SSSR count). The molecule has 0 bridgehead atoms. The Labute approximate surface area is 169 Å². The highest BCUT2D eigenvalue weighted by Gasteiger charge is 2.22. The van der Waals surface area contributed by atoms with Crippen LogP contribution in [0.4, 0.5) is 26.5 Å². The van der Waals surface area contributed by atoms with Crippen molar-refractivity contribution in [3.05, 3.63) is 53.5 Å². The number of fused-ring (bicyclic) bond motifs is 1. The molecule has 30 heavy (non-hydrogen) atoms. The van der Waals surface area contributed by atoms with Crippen LogP contribution in [0.2, 0.25) is 0 Å². The summed E-state index contributed by atoms with van der Waals surface area (Å²) in [5.41, 5.74) is 14.0. The van der Waals surface area contributed by atoms with E-state index in [9.17, 15) is 14.3 Å². The zero-order valence-corrected chi connectivity index (χ0v) is 15.8. The van der Waals surface area contributed by atoms with Crippen LogP contribution in [0.5, 0.6) is 0 Å². The molecule has 6 N–H and O–H groups in total. The van der Waals surface area contributed by atoms with Crippen molar-refractivity contribution in [1.82, 2.24) is 25.1 Å². The molecule has 1 amide bonds. The Morgan fingerprint density at radius 1 is 1.17 bits per heavy atom. The van der Waals surface area contributed by atoms with E-state index in [1.165, 1.54) is 13.1 Å². The molecule has 0 aliphatic carbocycles. The average Bonchev–Trinajstić information content (AvgIpc) is 3.14. The van der Waals surface area contributed by atoms with Gasteiger partial charge in [0.25, 0.3) is 0 Å². The van der Waals surface area contributed by atoms with Crippen LogP contribution in [0.25, 0.3) is 22.6 Å². The van der Waals surface area contributed by atoms with Crippen LogP contribution >= 0.6 is 0 Å². The average molecular weight is 408 g/mol. The van der Waals surface area contributed by atoms with Crippen LogP contribution in [-0.2, 0) is 6.42 Å². The van der Waals surface area contributed by atoms with Crippen molar-refractivity contribution >= 4 is 34.4 Å². The van der Waals surface area contributed by atoms with E-state index in [4.69, 9.17) is 11.5 Å². The Bertz CT molecular complexity index is 1250. The van der Waals surface area contributed by atoms with E-state index >= 15 is 0 Å². The molecule has 1 aromatic carbocycles. The van der Waals surface area contributed by atoms with E-state index in [0.717, 1.165) is 10.5 Å². The summed E-state index contributed by atoms with van der Waals surface area (Å²) in [4.78, 5) is 24.7. The number of carbonyl (C=O) groups is 1. The number of nitrogens with zero attached hydrogens (tertiary/aromatic N) is 5. The number of hydrogen-bond donors (Lipinski definition) is 4. The van der Waals surface area contributed by atoms with Gasteiger partial charge in [-0.25, -0.2) is 24.1 Å². The van der Waals surface area contributed by atoms with Gasteiger partial charge in [-0.3, -0.25) is 10.00 Å². The smallest absolute Gasteiger partial charge is 0.411 e. The fourth-order valence-corrected chi connectivity index (χ4v) is 3.21. The Morgan fingerprint density at radius 3 is 2.53 bits per heavy atom. The summed E-state index contributed by atoms with van der Waals surface area (Å²) in [5, 5.41) is 16.8. The molecule has 0 saturated carbocycles. The van der Waals surface area contributed by atoms with E-state index in [2.05, 4.69) is 25.1 Å². The first-order chi connectivity index (χ1) is 14.4. The molecule has 4 aromatic rings. The summed E-state index contributed by atoms with van der Waals surface area (Å²) in [7, 11) is 1.29. The second kappa shape index (κ2) is 7.28. The Kier molecular flexibility index (Phi) is 4.62. The maximum atomic E-state index is 14.2. The van der Waals surface area contributed by atoms with E-state index in [0.29, 0.717) is 28.7 Å². The van der Waals surface area contributed by atoms with Crippen LogP contribution in [0.3, 0.4) is 0 Å². The minimum Gasteiger partial charge on any atom is -0.465 e. The van der Waals surface area contributed by atoms with Gasteiger partial charge >= 0.3 is 6.09 Å². The van der Waals surface area contributed by atoms with Crippen LogP contribution in [0.15, 0.2) is 36.5 Å². The van der Waals surface area contributed by atoms with Crippen molar-refractivity contribution in [1.29, 1.82) is 0 Å². The lowest BCUT2D eigenvalue weighted by molar-refractivity contribution is 0.203. The number of aromatic amines is 1. The number of nitrogen functional groups attached to an aromatic ring is 2. The monoisotopic (exact) mass is 408 g/mol. The Balaban J connectivity index is 1.85. The largest absolute Gasteiger partial charge is 0.465 e. The number of rotatable bonds is 4. The predicted octanol–water partition coefficient (Wildman–Crippen LogP) is 2.42. The summed E-state index contributed by atoms with van der Waals surface area (Å²) in [6.07, 6.45) is 0.619. The molecule has 10 nitrogen and oxygen atoms in total. The van der Waals surface area contributed by atoms with Gasteiger partial charge in [0.15, 0.2) is 23.1 Å². The van der Waals surface area contributed by atoms with Crippen LogP contribution in [0.1, 0.15) is 11.1 Å². The topological polar surface area (TPSA) is 160 Å². The Morgan fingerprint density at radius 2 is 1.87 bits per heavy atom. The van der Waals surface area contributed by atoms with E-state index in [1.807, 2.05) is 0 Å². The number of benzene rings is 1. The molecular weight excluding hydrogens is 391 g/mol. The number of hydrogen-bond acceptors (Lipinski definition) is 7. The molecular formula is C19H17FN8O2. The number of carboxylic acid groups (broad SMARTS) is 1. The Hall–Kier alpha value is -4.28. The summed E-state index contributed by atoms with van der Waals surface area (Å²) in [6.45, 7) is 0. The number of nitrogens with one attached hydrogen (secondary N) is 1. The quantitative estimate of drug-likeness (QED) is 0.400. The fraction of sp³-hybridized carbons (Fsp3) is 0.105. The predicted molar refractivity (Wildman–Crippen MR) is 109 cm³/mol. The van der Waals surface area contributed by atoms with Gasteiger partial charge < -0.3 is 16.6 Å². The molecule has 0 fully saturated rings. The highest BCUT2D eigenvalue weighted by Crippen LogP contribution is 2.33. The summed E-state index contributed by atoms with van der Waals surface area (Å²) < 4.78 is 14.2. The third-order valence-corrected chi connectivity index (χ3v) is 4.66. The van der Waals surface area contributed by atoms with Crippen molar-refractivity contribution in [2.45, 2.75) is 6.42 Å². The number of aromatic nitrogens is 5. The van der Waals surface area contributed by atoms with Crippen LogP contribution in [0, 0.1) is 5.82 Å². The number of nitrogens with two attached hydrogens (primary N) is 2.